The first-order chi connectivity index (χ1) is 10.4. The van der Waals surface area contributed by atoms with Crippen molar-refractivity contribution in [2.45, 2.75) is 0 Å². The fourth-order valence-corrected chi connectivity index (χ4v) is 1.90. The molecule has 0 aliphatic heterocycles. The van der Waals surface area contributed by atoms with Crippen molar-refractivity contribution in [1.29, 1.82) is 0 Å². The first kappa shape index (κ1) is 13.1. The van der Waals surface area contributed by atoms with Crippen molar-refractivity contribution < 1.29 is 4.74 Å². The van der Waals surface area contributed by atoms with E-state index in [-0.39, 0.29) is 0 Å². The van der Waals surface area contributed by atoms with Crippen molar-refractivity contribution in [2.75, 3.05) is 19.0 Å². The van der Waals surface area contributed by atoms with Crippen LogP contribution in [0.25, 0.3) is 17.2 Å². The Morgan fingerprint density at radius 2 is 2.10 bits per heavy atom. The minimum atomic E-state index is 0.420. The minimum absolute atomic E-state index is 0.420. The first-order valence-electron chi connectivity index (χ1n) is 6.60. The smallest absolute Gasteiger partial charge is 0.245 e. The van der Waals surface area contributed by atoms with Crippen molar-refractivity contribution in [3.05, 3.63) is 48.3 Å². The van der Waals surface area contributed by atoms with Crippen LogP contribution in [0.15, 0.2) is 42.7 Å². The van der Waals surface area contributed by atoms with Gasteiger partial charge in [-0.1, -0.05) is 36.4 Å². The van der Waals surface area contributed by atoms with Gasteiger partial charge >= 0.3 is 0 Å². The van der Waals surface area contributed by atoms with E-state index in [4.69, 9.17) is 4.74 Å². The summed E-state index contributed by atoms with van der Waals surface area (Å²) >= 11 is 0. The molecule has 3 aromatic rings. The maximum absolute atomic E-state index is 5.69. The van der Waals surface area contributed by atoms with Crippen LogP contribution in [-0.2, 0) is 0 Å². The number of benzene rings is 1. The van der Waals surface area contributed by atoms with Crippen LogP contribution in [-0.4, -0.2) is 33.6 Å². The van der Waals surface area contributed by atoms with Gasteiger partial charge in [-0.25, -0.2) is 4.98 Å². The number of nitrogens with zero attached hydrogens (tertiary/aromatic N) is 3. The molecule has 21 heavy (non-hydrogen) atoms. The van der Waals surface area contributed by atoms with Crippen LogP contribution in [0.4, 0.5) is 5.95 Å². The van der Waals surface area contributed by atoms with Crippen LogP contribution < -0.4 is 10.1 Å². The van der Waals surface area contributed by atoms with Crippen molar-refractivity contribution in [2.24, 2.45) is 0 Å². The monoisotopic (exact) mass is 281 g/mol. The average Bonchev–Trinajstić information content (AvgIpc) is 3.00. The predicted octanol–water partition coefficient (Wildman–Crippen LogP) is 2.49. The normalized spacial score (nSPS) is 11.1. The lowest BCUT2D eigenvalue weighted by atomic mass is 10.2. The molecule has 2 N–H and O–H groups in total. The van der Waals surface area contributed by atoms with Gasteiger partial charge < -0.3 is 15.0 Å². The Morgan fingerprint density at radius 3 is 2.90 bits per heavy atom. The molecule has 0 saturated heterocycles. The number of nitrogens with one attached hydrogen (secondary N) is 2. The summed E-state index contributed by atoms with van der Waals surface area (Å²) in [5.41, 5.74) is 2.41. The lowest BCUT2D eigenvalue weighted by molar-refractivity contribution is 0.353. The molecule has 0 fully saturated rings. The number of imidazole rings is 1. The van der Waals surface area contributed by atoms with Crippen LogP contribution in [0.2, 0.25) is 0 Å². The molecule has 0 saturated carbocycles. The topological polar surface area (TPSA) is 75.7 Å². The third-order valence-corrected chi connectivity index (χ3v) is 2.90. The Hall–Kier alpha value is -2.89. The van der Waals surface area contributed by atoms with E-state index < -0.39 is 0 Å². The Kier molecular flexibility index (Phi) is 3.77. The second kappa shape index (κ2) is 6.04. The standard InChI is InChI=1S/C15H15N5O/c1-16-15-19-13-12(17-10-18-13)14(20-15)21-9-5-8-11-6-3-2-4-7-11/h2-8,10H,9H2,1H3,(H2,16,17,18,19,20)/b8-5+. The number of H-pyrrole nitrogens is 1. The maximum atomic E-state index is 5.69. The van der Waals surface area contributed by atoms with Gasteiger partial charge in [0.05, 0.1) is 6.33 Å². The summed E-state index contributed by atoms with van der Waals surface area (Å²) < 4.78 is 5.69. The number of aromatic nitrogens is 4. The van der Waals surface area contributed by atoms with Crippen LogP contribution in [0.3, 0.4) is 0 Å². The van der Waals surface area contributed by atoms with Crippen LogP contribution >= 0.6 is 0 Å². The van der Waals surface area contributed by atoms with Crippen molar-refractivity contribution >= 4 is 23.2 Å². The molecule has 6 nitrogen and oxygen atoms in total. The Bertz CT molecular complexity index is 751. The van der Waals surface area contributed by atoms with Crippen LogP contribution in [0, 0.1) is 0 Å². The molecular formula is C15H15N5O. The van der Waals surface area contributed by atoms with Gasteiger partial charge in [-0.2, -0.15) is 9.97 Å². The molecule has 0 spiro atoms. The molecule has 2 heterocycles. The summed E-state index contributed by atoms with van der Waals surface area (Å²) in [6.07, 6.45) is 5.52. The quantitative estimate of drug-likeness (QED) is 0.751. The maximum Gasteiger partial charge on any atom is 0.245 e. The van der Waals surface area contributed by atoms with Crippen LogP contribution in [0.5, 0.6) is 5.88 Å². The van der Waals surface area contributed by atoms with Gasteiger partial charge in [-0.3, -0.25) is 0 Å². The zero-order valence-corrected chi connectivity index (χ0v) is 11.6. The number of anilines is 1. The molecular weight excluding hydrogens is 266 g/mol. The van der Waals surface area contributed by atoms with Gasteiger partial charge in [-0.05, 0) is 11.6 Å². The number of ether oxygens (including phenoxy) is 1. The highest BCUT2D eigenvalue weighted by molar-refractivity contribution is 5.76. The molecule has 1 aromatic carbocycles. The Morgan fingerprint density at radius 1 is 1.24 bits per heavy atom. The van der Waals surface area contributed by atoms with Crippen molar-refractivity contribution in [3.63, 3.8) is 0 Å². The van der Waals surface area contributed by atoms with E-state index >= 15 is 0 Å². The third-order valence-electron chi connectivity index (χ3n) is 2.90. The summed E-state index contributed by atoms with van der Waals surface area (Å²) in [5.74, 6) is 0.969. The van der Waals surface area contributed by atoms with Gasteiger partial charge in [0.25, 0.3) is 0 Å². The molecule has 2 aromatic heterocycles. The molecule has 0 aliphatic carbocycles. The molecule has 0 amide bonds. The van der Waals surface area contributed by atoms with E-state index in [9.17, 15) is 0 Å². The number of fused-ring (bicyclic) bond motifs is 1. The number of hydrogen-bond acceptors (Lipinski definition) is 5. The highest BCUT2D eigenvalue weighted by atomic mass is 16.5. The fraction of sp³-hybridized carbons (Fsp3) is 0.133. The Labute approximate surface area is 121 Å². The number of hydrogen-bond donors (Lipinski definition) is 2. The van der Waals surface area contributed by atoms with Gasteiger partial charge in [0.2, 0.25) is 11.8 Å². The number of aromatic amines is 1. The zero-order valence-electron chi connectivity index (χ0n) is 11.6. The van der Waals surface area contributed by atoms with Crippen LogP contribution in [0.1, 0.15) is 5.56 Å². The minimum Gasteiger partial charge on any atom is -0.472 e. The van der Waals surface area contributed by atoms with E-state index in [1.807, 2.05) is 42.5 Å². The lowest BCUT2D eigenvalue weighted by Crippen LogP contribution is -2.02. The summed E-state index contributed by atoms with van der Waals surface area (Å²) in [7, 11) is 1.76. The molecule has 0 atom stereocenters. The highest BCUT2D eigenvalue weighted by Crippen LogP contribution is 2.20. The molecule has 0 aliphatic rings. The average molecular weight is 281 g/mol. The van der Waals surface area contributed by atoms with E-state index in [1.54, 1.807) is 13.4 Å². The summed E-state index contributed by atoms with van der Waals surface area (Å²) in [6.45, 7) is 0.420. The van der Waals surface area contributed by atoms with Gasteiger partial charge in [0.15, 0.2) is 5.65 Å². The van der Waals surface area contributed by atoms with E-state index in [2.05, 4.69) is 25.3 Å². The molecule has 0 unspecified atom stereocenters. The SMILES string of the molecule is CNc1nc(OC/C=C/c2ccccc2)c2[nH]cnc2n1. The van der Waals surface area contributed by atoms with Gasteiger partial charge in [0, 0.05) is 7.05 Å². The highest BCUT2D eigenvalue weighted by Gasteiger charge is 2.09. The second-order valence-corrected chi connectivity index (χ2v) is 4.33. The van der Waals surface area contributed by atoms with E-state index in [0.717, 1.165) is 5.56 Å². The van der Waals surface area contributed by atoms with Gasteiger partial charge in [-0.15, -0.1) is 0 Å². The predicted molar refractivity (Wildman–Crippen MR) is 82.2 cm³/mol. The fourth-order valence-electron chi connectivity index (χ4n) is 1.90. The van der Waals surface area contributed by atoms with E-state index in [1.165, 1.54) is 0 Å². The largest absolute Gasteiger partial charge is 0.472 e. The molecule has 0 radical (unpaired) electrons. The van der Waals surface area contributed by atoms with Gasteiger partial charge in [0.1, 0.15) is 12.1 Å². The molecule has 0 bridgehead atoms. The summed E-state index contributed by atoms with van der Waals surface area (Å²) in [4.78, 5) is 15.6. The Balaban J connectivity index is 1.73. The second-order valence-electron chi connectivity index (χ2n) is 4.33. The summed E-state index contributed by atoms with van der Waals surface area (Å²) in [5, 5.41) is 2.89. The van der Waals surface area contributed by atoms with E-state index in [0.29, 0.717) is 29.6 Å². The first-order valence-corrected chi connectivity index (χ1v) is 6.60. The number of rotatable bonds is 5. The van der Waals surface area contributed by atoms with Crippen molar-refractivity contribution in [3.8, 4) is 5.88 Å². The van der Waals surface area contributed by atoms with Crippen molar-refractivity contribution in [1.82, 2.24) is 19.9 Å². The summed E-state index contributed by atoms with van der Waals surface area (Å²) in [6, 6.07) is 10.1. The lowest BCUT2D eigenvalue weighted by Gasteiger charge is -2.05. The third kappa shape index (κ3) is 3.00. The molecule has 6 heteroatoms. The zero-order chi connectivity index (χ0) is 14.5. The molecule has 106 valence electrons. The molecule has 3 rings (SSSR count).